The molecule has 1 atom stereocenters. The molecule has 3 aromatic rings. The van der Waals surface area contributed by atoms with Crippen molar-refractivity contribution < 1.29 is 8.95 Å². The molecular weight excluding hydrogens is 443 g/mol. The van der Waals surface area contributed by atoms with E-state index in [0.717, 1.165) is 48.2 Å². The molecule has 2 N–H and O–H groups in total. The van der Waals surface area contributed by atoms with Gasteiger partial charge in [-0.2, -0.15) is 0 Å². The summed E-state index contributed by atoms with van der Waals surface area (Å²) in [6, 6.07) is 5.09. The van der Waals surface area contributed by atoms with Gasteiger partial charge in [0.25, 0.3) is 0 Å². The molecule has 30 heavy (non-hydrogen) atoms. The van der Waals surface area contributed by atoms with Crippen molar-refractivity contribution in [3.8, 4) is 0 Å². The van der Waals surface area contributed by atoms with Gasteiger partial charge in [-0.15, -0.1) is 0 Å². The second-order valence-electron chi connectivity index (χ2n) is 7.13. The SMILES string of the molecule is COCCc1nc2c(N)ncc(C)c2n1CCCCCS(=O)c1ccc(Cl)cc1Cl. The van der Waals surface area contributed by atoms with Crippen molar-refractivity contribution in [1.29, 1.82) is 0 Å². The van der Waals surface area contributed by atoms with Gasteiger partial charge >= 0.3 is 0 Å². The van der Waals surface area contributed by atoms with Gasteiger partial charge in [-0.3, -0.25) is 4.21 Å². The topological polar surface area (TPSA) is 83.0 Å². The molecule has 1 unspecified atom stereocenters. The van der Waals surface area contributed by atoms with Crippen molar-refractivity contribution >= 4 is 50.9 Å². The van der Waals surface area contributed by atoms with Crippen LogP contribution in [0.15, 0.2) is 29.3 Å². The molecule has 0 spiro atoms. The molecule has 0 saturated carbocycles. The molecular formula is C21H26Cl2N4O2S. The van der Waals surface area contributed by atoms with E-state index in [9.17, 15) is 4.21 Å². The Morgan fingerprint density at radius 3 is 2.77 bits per heavy atom. The molecule has 0 aliphatic rings. The zero-order valence-electron chi connectivity index (χ0n) is 17.2. The molecule has 2 heterocycles. The monoisotopic (exact) mass is 468 g/mol. The van der Waals surface area contributed by atoms with Crippen LogP contribution in [-0.2, 0) is 28.5 Å². The Bertz CT molecular complexity index is 1060. The van der Waals surface area contributed by atoms with Crippen molar-refractivity contribution in [3.63, 3.8) is 0 Å². The molecule has 1 aromatic carbocycles. The van der Waals surface area contributed by atoms with Crippen LogP contribution >= 0.6 is 23.2 Å². The summed E-state index contributed by atoms with van der Waals surface area (Å²) in [5, 5.41) is 0.999. The van der Waals surface area contributed by atoms with Crippen LogP contribution in [-0.4, -0.2) is 38.2 Å². The summed E-state index contributed by atoms with van der Waals surface area (Å²) in [5.74, 6) is 1.97. The Morgan fingerprint density at radius 1 is 1.23 bits per heavy atom. The maximum Gasteiger partial charge on any atom is 0.151 e. The number of ether oxygens (including phenoxy) is 1. The van der Waals surface area contributed by atoms with Crippen molar-refractivity contribution in [2.75, 3.05) is 25.2 Å². The number of halogens is 2. The summed E-state index contributed by atoms with van der Waals surface area (Å²) in [6.07, 6.45) is 5.23. The van der Waals surface area contributed by atoms with E-state index < -0.39 is 10.8 Å². The largest absolute Gasteiger partial charge is 0.384 e. The molecule has 0 saturated heterocycles. The van der Waals surface area contributed by atoms with E-state index in [-0.39, 0.29) is 0 Å². The summed E-state index contributed by atoms with van der Waals surface area (Å²) in [7, 11) is 0.550. The molecule has 0 aliphatic heterocycles. The van der Waals surface area contributed by atoms with E-state index in [4.69, 9.17) is 38.7 Å². The lowest BCUT2D eigenvalue weighted by atomic mass is 10.2. The first kappa shape index (κ1) is 23.0. The van der Waals surface area contributed by atoms with Gasteiger partial charge in [0, 0.05) is 37.0 Å². The standard InChI is InChI=1S/C21H26Cl2N4O2S/c1-14-13-25-21(24)19-20(14)27(18(26-19)8-10-29-2)9-4-3-5-11-30(28)17-7-6-15(22)12-16(17)23/h6-7,12-13H,3-5,8-11H2,1-2H3,(H2,24,25). The van der Waals surface area contributed by atoms with Crippen LogP contribution in [0, 0.1) is 6.92 Å². The van der Waals surface area contributed by atoms with Crippen molar-refractivity contribution in [3.05, 3.63) is 45.8 Å². The smallest absolute Gasteiger partial charge is 0.151 e. The number of anilines is 1. The third-order valence-electron chi connectivity index (χ3n) is 4.94. The Balaban J connectivity index is 1.62. The van der Waals surface area contributed by atoms with E-state index in [2.05, 4.69) is 9.55 Å². The first-order valence-corrected chi connectivity index (χ1v) is 11.9. The number of aromatic nitrogens is 3. The number of pyridine rings is 1. The number of fused-ring (bicyclic) bond motifs is 1. The molecule has 3 rings (SSSR count). The molecule has 0 amide bonds. The van der Waals surface area contributed by atoms with Crippen LogP contribution in [0.2, 0.25) is 10.0 Å². The van der Waals surface area contributed by atoms with E-state index in [1.54, 1.807) is 31.5 Å². The van der Waals surface area contributed by atoms with Crippen molar-refractivity contribution in [1.82, 2.24) is 14.5 Å². The average molecular weight is 469 g/mol. The molecule has 2 aromatic heterocycles. The van der Waals surface area contributed by atoms with E-state index in [1.165, 1.54) is 0 Å². The number of rotatable bonds is 10. The Morgan fingerprint density at radius 2 is 2.03 bits per heavy atom. The van der Waals surface area contributed by atoms with Crippen LogP contribution in [0.5, 0.6) is 0 Å². The summed E-state index contributed by atoms with van der Waals surface area (Å²) in [6.45, 7) is 3.43. The maximum absolute atomic E-state index is 12.5. The summed E-state index contributed by atoms with van der Waals surface area (Å²) in [4.78, 5) is 9.59. The fraction of sp³-hybridized carbons (Fsp3) is 0.429. The Labute approximate surface area is 189 Å². The van der Waals surface area contributed by atoms with E-state index in [1.807, 2.05) is 6.92 Å². The zero-order valence-corrected chi connectivity index (χ0v) is 19.5. The van der Waals surface area contributed by atoms with E-state index >= 15 is 0 Å². The van der Waals surface area contributed by atoms with Gasteiger partial charge in [-0.25, -0.2) is 9.97 Å². The number of hydrogen-bond acceptors (Lipinski definition) is 5. The highest BCUT2D eigenvalue weighted by atomic mass is 35.5. The number of nitrogen functional groups attached to an aromatic ring is 1. The molecule has 162 valence electrons. The van der Waals surface area contributed by atoms with Gasteiger partial charge in [-0.05, 0) is 43.5 Å². The fourth-order valence-corrected chi connectivity index (χ4v) is 5.29. The van der Waals surface area contributed by atoms with Gasteiger partial charge in [-0.1, -0.05) is 29.6 Å². The second-order valence-corrected chi connectivity index (χ2v) is 9.51. The van der Waals surface area contributed by atoms with Crippen LogP contribution in [0.4, 0.5) is 5.82 Å². The summed E-state index contributed by atoms with van der Waals surface area (Å²) >= 11 is 12.1. The minimum absolute atomic E-state index is 0.447. The number of nitrogens with zero attached hydrogens (tertiary/aromatic N) is 3. The van der Waals surface area contributed by atoms with Crippen LogP contribution in [0.25, 0.3) is 11.0 Å². The first-order valence-electron chi connectivity index (χ1n) is 9.85. The van der Waals surface area contributed by atoms with Crippen LogP contribution in [0.3, 0.4) is 0 Å². The van der Waals surface area contributed by atoms with Gasteiger partial charge in [0.2, 0.25) is 0 Å². The highest BCUT2D eigenvalue weighted by Gasteiger charge is 2.15. The van der Waals surface area contributed by atoms with Crippen molar-refractivity contribution in [2.24, 2.45) is 0 Å². The van der Waals surface area contributed by atoms with Crippen molar-refractivity contribution in [2.45, 2.75) is 44.0 Å². The zero-order chi connectivity index (χ0) is 21.7. The molecule has 0 aliphatic carbocycles. The maximum atomic E-state index is 12.5. The number of imidazole rings is 1. The average Bonchev–Trinajstić information content (AvgIpc) is 3.08. The lowest BCUT2D eigenvalue weighted by Crippen LogP contribution is -2.08. The third-order valence-corrected chi connectivity index (χ3v) is 7.11. The third kappa shape index (κ3) is 5.32. The lowest BCUT2D eigenvalue weighted by molar-refractivity contribution is 0.199. The van der Waals surface area contributed by atoms with Gasteiger partial charge in [0.1, 0.15) is 11.3 Å². The number of aryl methyl sites for hydroxylation is 2. The highest BCUT2D eigenvalue weighted by Crippen LogP contribution is 2.26. The summed E-state index contributed by atoms with van der Waals surface area (Å²) < 4.78 is 20.0. The minimum Gasteiger partial charge on any atom is -0.384 e. The number of methoxy groups -OCH3 is 1. The molecule has 0 fully saturated rings. The Hall–Kier alpha value is -1.67. The van der Waals surface area contributed by atoms with Gasteiger partial charge in [0.05, 0.1) is 32.8 Å². The Kier molecular flexibility index (Phi) is 8.11. The molecule has 0 radical (unpaired) electrons. The quantitative estimate of drug-likeness (QED) is 0.432. The summed E-state index contributed by atoms with van der Waals surface area (Å²) in [5.41, 5.74) is 8.88. The first-order chi connectivity index (χ1) is 14.4. The second kappa shape index (κ2) is 10.6. The van der Waals surface area contributed by atoms with Gasteiger partial charge in [0.15, 0.2) is 5.82 Å². The highest BCUT2D eigenvalue weighted by molar-refractivity contribution is 7.85. The normalized spacial score (nSPS) is 12.5. The molecule has 0 bridgehead atoms. The van der Waals surface area contributed by atoms with Gasteiger partial charge < -0.3 is 15.0 Å². The van der Waals surface area contributed by atoms with E-state index in [0.29, 0.717) is 39.5 Å². The van der Waals surface area contributed by atoms with Crippen LogP contribution < -0.4 is 5.73 Å². The van der Waals surface area contributed by atoms with Crippen LogP contribution in [0.1, 0.15) is 30.7 Å². The fourth-order valence-electron chi connectivity index (χ4n) is 3.44. The number of hydrogen-bond donors (Lipinski definition) is 1. The number of nitrogens with two attached hydrogens (primary N) is 1. The molecule has 6 nitrogen and oxygen atoms in total. The lowest BCUT2D eigenvalue weighted by Gasteiger charge is -2.11. The number of unbranched alkanes of at least 4 members (excludes halogenated alkanes) is 2. The number of benzene rings is 1. The molecule has 9 heteroatoms. The minimum atomic E-state index is -1.13. The predicted molar refractivity (Wildman–Crippen MR) is 124 cm³/mol. The predicted octanol–water partition coefficient (Wildman–Crippen LogP) is 4.80.